The molecule has 0 radical (unpaired) electrons. The van der Waals surface area contributed by atoms with Gasteiger partial charge in [-0.2, -0.15) is 0 Å². The molecule has 25 heavy (non-hydrogen) atoms. The van der Waals surface area contributed by atoms with Crippen molar-refractivity contribution >= 4 is 11.6 Å². The normalized spacial score (nSPS) is 10.1. The van der Waals surface area contributed by atoms with Crippen LogP contribution in [0.5, 0.6) is 17.2 Å². The predicted octanol–water partition coefficient (Wildman–Crippen LogP) is 2.75. The zero-order valence-electron chi connectivity index (χ0n) is 15.0. The van der Waals surface area contributed by atoms with Gasteiger partial charge in [0.05, 0.1) is 27.9 Å². The molecule has 0 saturated heterocycles. The van der Waals surface area contributed by atoms with Crippen molar-refractivity contribution in [1.29, 1.82) is 0 Å². The van der Waals surface area contributed by atoms with Gasteiger partial charge >= 0.3 is 0 Å². The molecular weight excluding hydrogens is 320 g/mol. The molecule has 0 aliphatic carbocycles. The Morgan fingerprint density at radius 3 is 2.08 bits per heavy atom. The van der Waals surface area contributed by atoms with Crippen LogP contribution >= 0.6 is 0 Å². The average Bonchev–Trinajstić information content (AvgIpc) is 2.64. The Labute approximate surface area is 148 Å². The number of ether oxygens (including phenoxy) is 3. The Morgan fingerprint density at radius 2 is 1.56 bits per heavy atom. The molecule has 0 heterocycles. The minimum atomic E-state index is -0.102. The van der Waals surface area contributed by atoms with Crippen LogP contribution in [0.1, 0.15) is 11.1 Å². The van der Waals surface area contributed by atoms with Crippen LogP contribution in [0.25, 0.3) is 0 Å². The average molecular weight is 344 g/mol. The molecule has 0 saturated carbocycles. The highest BCUT2D eigenvalue weighted by Crippen LogP contribution is 2.39. The van der Waals surface area contributed by atoms with E-state index >= 15 is 0 Å². The van der Waals surface area contributed by atoms with Gasteiger partial charge < -0.3 is 24.8 Å². The summed E-state index contributed by atoms with van der Waals surface area (Å²) in [6.07, 6.45) is 0. The van der Waals surface area contributed by atoms with Crippen molar-refractivity contribution in [2.24, 2.45) is 0 Å². The maximum absolute atomic E-state index is 12.0. The largest absolute Gasteiger partial charge is 0.493 e. The molecule has 0 bridgehead atoms. The van der Waals surface area contributed by atoms with Gasteiger partial charge in [0.1, 0.15) is 0 Å². The lowest BCUT2D eigenvalue weighted by Crippen LogP contribution is -2.29. The van der Waals surface area contributed by atoms with E-state index in [-0.39, 0.29) is 12.5 Å². The Hall–Kier alpha value is -2.89. The lowest BCUT2D eigenvalue weighted by molar-refractivity contribution is -0.119. The molecule has 2 aromatic rings. The van der Waals surface area contributed by atoms with E-state index in [4.69, 9.17) is 14.2 Å². The van der Waals surface area contributed by atoms with Gasteiger partial charge in [-0.05, 0) is 12.5 Å². The highest BCUT2D eigenvalue weighted by atomic mass is 16.5. The van der Waals surface area contributed by atoms with Gasteiger partial charge in [0.25, 0.3) is 0 Å². The van der Waals surface area contributed by atoms with Crippen LogP contribution in [0.15, 0.2) is 36.4 Å². The van der Waals surface area contributed by atoms with Gasteiger partial charge in [-0.1, -0.05) is 29.8 Å². The summed E-state index contributed by atoms with van der Waals surface area (Å²) in [6.45, 7) is 2.67. The maximum Gasteiger partial charge on any atom is 0.239 e. The van der Waals surface area contributed by atoms with Crippen molar-refractivity contribution in [3.05, 3.63) is 47.5 Å². The predicted molar refractivity (Wildman–Crippen MR) is 97.6 cm³/mol. The molecule has 6 nitrogen and oxygen atoms in total. The van der Waals surface area contributed by atoms with Crippen molar-refractivity contribution in [3.8, 4) is 17.2 Å². The molecule has 2 aromatic carbocycles. The number of benzene rings is 2. The molecule has 0 aliphatic heterocycles. The van der Waals surface area contributed by atoms with E-state index in [0.717, 1.165) is 5.56 Å². The third-order valence-electron chi connectivity index (χ3n) is 3.73. The summed E-state index contributed by atoms with van der Waals surface area (Å²) < 4.78 is 15.9. The van der Waals surface area contributed by atoms with Gasteiger partial charge in [-0.15, -0.1) is 0 Å². The number of hydrogen-bond acceptors (Lipinski definition) is 5. The van der Waals surface area contributed by atoms with Crippen LogP contribution in [-0.4, -0.2) is 33.8 Å². The smallest absolute Gasteiger partial charge is 0.239 e. The summed E-state index contributed by atoms with van der Waals surface area (Å²) in [4.78, 5) is 12.0. The van der Waals surface area contributed by atoms with E-state index in [1.807, 2.05) is 31.2 Å². The van der Waals surface area contributed by atoms with Gasteiger partial charge in [0, 0.05) is 24.4 Å². The van der Waals surface area contributed by atoms with Crippen LogP contribution in [0.3, 0.4) is 0 Å². The van der Waals surface area contributed by atoms with Crippen LogP contribution < -0.4 is 24.8 Å². The minimum absolute atomic E-state index is 0.102. The third-order valence-corrected chi connectivity index (χ3v) is 3.73. The van der Waals surface area contributed by atoms with E-state index in [0.29, 0.717) is 29.5 Å². The fourth-order valence-corrected chi connectivity index (χ4v) is 2.33. The van der Waals surface area contributed by atoms with E-state index in [1.165, 1.54) is 5.56 Å². The maximum atomic E-state index is 12.0. The Kier molecular flexibility index (Phi) is 6.51. The van der Waals surface area contributed by atoms with Crippen LogP contribution in [0.2, 0.25) is 0 Å². The van der Waals surface area contributed by atoms with Gasteiger partial charge in [-0.3, -0.25) is 4.79 Å². The molecular formula is C19H24N2O4. The molecule has 134 valence electrons. The fourth-order valence-electron chi connectivity index (χ4n) is 2.33. The highest BCUT2D eigenvalue weighted by molar-refractivity contribution is 5.81. The Morgan fingerprint density at radius 1 is 0.960 bits per heavy atom. The molecule has 1 amide bonds. The van der Waals surface area contributed by atoms with Crippen LogP contribution in [-0.2, 0) is 11.3 Å². The number of carbonyl (C=O) groups excluding carboxylic acids is 1. The quantitative estimate of drug-likeness (QED) is 0.771. The molecule has 2 rings (SSSR count). The van der Waals surface area contributed by atoms with Gasteiger partial charge in [0.15, 0.2) is 11.5 Å². The number of hydrogen-bond donors (Lipinski definition) is 2. The van der Waals surface area contributed by atoms with Crippen molar-refractivity contribution in [3.63, 3.8) is 0 Å². The first-order chi connectivity index (χ1) is 12.1. The number of methoxy groups -OCH3 is 3. The second-order valence-electron chi connectivity index (χ2n) is 5.53. The van der Waals surface area contributed by atoms with Crippen molar-refractivity contribution in [1.82, 2.24) is 5.32 Å². The lowest BCUT2D eigenvalue weighted by Gasteiger charge is -2.15. The Bertz CT molecular complexity index is 689. The number of anilines is 1. The topological polar surface area (TPSA) is 68.8 Å². The minimum Gasteiger partial charge on any atom is -0.493 e. The summed E-state index contributed by atoms with van der Waals surface area (Å²) in [5.74, 6) is 1.47. The third kappa shape index (κ3) is 5.04. The van der Waals surface area contributed by atoms with Crippen LogP contribution in [0.4, 0.5) is 5.69 Å². The zero-order chi connectivity index (χ0) is 18.2. The van der Waals surface area contributed by atoms with E-state index < -0.39 is 0 Å². The molecule has 0 atom stereocenters. The van der Waals surface area contributed by atoms with Gasteiger partial charge in [-0.25, -0.2) is 0 Å². The van der Waals surface area contributed by atoms with E-state index in [9.17, 15) is 4.79 Å². The first-order valence-corrected chi connectivity index (χ1v) is 7.93. The van der Waals surface area contributed by atoms with E-state index in [2.05, 4.69) is 10.6 Å². The Balaban J connectivity index is 1.93. The molecule has 0 spiro atoms. The molecule has 6 heteroatoms. The van der Waals surface area contributed by atoms with Crippen molar-refractivity contribution in [2.75, 3.05) is 33.2 Å². The second-order valence-corrected chi connectivity index (χ2v) is 5.53. The molecule has 0 fully saturated rings. The summed E-state index contributed by atoms with van der Waals surface area (Å²) in [5, 5.41) is 5.94. The van der Waals surface area contributed by atoms with Crippen LogP contribution in [0, 0.1) is 6.92 Å². The van der Waals surface area contributed by atoms with Crippen molar-refractivity contribution in [2.45, 2.75) is 13.5 Å². The number of rotatable bonds is 8. The fraction of sp³-hybridized carbons (Fsp3) is 0.316. The summed E-state index contributed by atoms with van der Waals surface area (Å²) in [5.41, 5.74) is 2.96. The summed E-state index contributed by atoms with van der Waals surface area (Å²) >= 11 is 0. The second kappa shape index (κ2) is 8.82. The summed E-state index contributed by atoms with van der Waals surface area (Å²) in [7, 11) is 4.65. The van der Waals surface area contributed by atoms with E-state index in [1.54, 1.807) is 33.5 Å². The first-order valence-electron chi connectivity index (χ1n) is 7.93. The number of carbonyl (C=O) groups is 1. The SMILES string of the molecule is COc1cc(NCC(=O)NCc2ccc(C)cc2)cc(OC)c1OC. The molecule has 0 aliphatic rings. The number of amides is 1. The molecule has 2 N–H and O–H groups in total. The zero-order valence-corrected chi connectivity index (χ0v) is 15.0. The summed E-state index contributed by atoms with van der Waals surface area (Å²) in [6, 6.07) is 11.6. The van der Waals surface area contributed by atoms with Gasteiger partial charge in [0.2, 0.25) is 11.7 Å². The lowest BCUT2D eigenvalue weighted by atomic mass is 10.1. The highest BCUT2D eigenvalue weighted by Gasteiger charge is 2.13. The van der Waals surface area contributed by atoms with Crippen molar-refractivity contribution < 1.29 is 19.0 Å². The number of nitrogens with one attached hydrogen (secondary N) is 2. The first kappa shape index (κ1) is 18.4. The monoisotopic (exact) mass is 344 g/mol. The molecule has 0 unspecified atom stereocenters. The number of aryl methyl sites for hydroxylation is 1. The standard InChI is InChI=1S/C19H24N2O4/c1-13-5-7-14(8-6-13)11-21-18(22)12-20-15-9-16(23-2)19(25-4)17(10-15)24-3/h5-10,20H,11-12H2,1-4H3,(H,21,22). The molecule has 0 aromatic heterocycles.